The van der Waals surface area contributed by atoms with Gasteiger partial charge in [-0.15, -0.1) is 0 Å². The van der Waals surface area contributed by atoms with Crippen LogP contribution in [0.1, 0.15) is 16.1 Å². The van der Waals surface area contributed by atoms with Gasteiger partial charge < -0.3 is 10.6 Å². The number of nitrogens with zero attached hydrogens (tertiary/aromatic N) is 1. The number of carbonyl (C=O) groups is 2. The zero-order chi connectivity index (χ0) is 15.9. The van der Waals surface area contributed by atoms with Crippen LogP contribution in [0, 0.1) is 5.82 Å². The first kappa shape index (κ1) is 15.9. The summed E-state index contributed by atoms with van der Waals surface area (Å²) < 4.78 is 13.5. The molecule has 114 valence electrons. The molecular weight excluding hydrogens is 309 g/mol. The van der Waals surface area contributed by atoms with Gasteiger partial charge in [0, 0.05) is 6.20 Å². The molecule has 2 N–H and O–H groups in total. The van der Waals surface area contributed by atoms with E-state index < -0.39 is 17.6 Å². The molecule has 2 aromatic rings. The van der Waals surface area contributed by atoms with Crippen molar-refractivity contribution in [1.82, 2.24) is 15.6 Å². The number of benzene rings is 1. The van der Waals surface area contributed by atoms with Crippen LogP contribution in [-0.2, 0) is 11.3 Å². The van der Waals surface area contributed by atoms with Crippen LogP contribution in [-0.4, -0.2) is 23.3 Å². The van der Waals surface area contributed by atoms with Gasteiger partial charge in [-0.3, -0.25) is 14.6 Å². The topological polar surface area (TPSA) is 71.1 Å². The predicted molar refractivity (Wildman–Crippen MR) is 79.8 cm³/mol. The number of hydrogen-bond donors (Lipinski definition) is 2. The van der Waals surface area contributed by atoms with E-state index in [0.717, 1.165) is 6.07 Å². The van der Waals surface area contributed by atoms with Crippen molar-refractivity contribution in [2.24, 2.45) is 0 Å². The Morgan fingerprint density at radius 2 is 1.95 bits per heavy atom. The van der Waals surface area contributed by atoms with Crippen molar-refractivity contribution in [2.45, 2.75) is 6.54 Å². The Labute approximate surface area is 131 Å². The average Bonchev–Trinajstić information content (AvgIpc) is 2.52. The van der Waals surface area contributed by atoms with Gasteiger partial charge in [-0.1, -0.05) is 23.7 Å². The number of aromatic nitrogens is 1. The molecule has 22 heavy (non-hydrogen) atoms. The summed E-state index contributed by atoms with van der Waals surface area (Å²) in [4.78, 5) is 27.5. The zero-order valence-corrected chi connectivity index (χ0v) is 12.2. The molecule has 0 saturated carbocycles. The van der Waals surface area contributed by atoms with Crippen LogP contribution in [0.4, 0.5) is 4.39 Å². The van der Waals surface area contributed by atoms with Crippen molar-refractivity contribution in [3.63, 3.8) is 0 Å². The number of nitrogens with one attached hydrogen (secondary N) is 2. The largest absolute Gasteiger partial charge is 0.349 e. The molecule has 1 aromatic heterocycles. The van der Waals surface area contributed by atoms with E-state index in [2.05, 4.69) is 15.6 Å². The minimum Gasteiger partial charge on any atom is -0.349 e. The monoisotopic (exact) mass is 321 g/mol. The molecule has 0 aliphatic rings. The molecule has 0 aliphatic carbocycles. The van der Waals surface area contributed by atoms with Crippen LogP contribution < -0.4 is 10.6 Å². The fraction of sp³-hybridized carbons (Fsp3) is 0.133. The number of hydrogen-bond acceptors (Lipinski definition) is 3. The molecule has 2 rings (SSSR count). The standard InChI is InChI=1S/C15H13ClFN3O2/c16-11-5-3-6-12(17)14(11)15(22)20-9-13(21)19-8-10-4-1-2-7-18-10/h1-7H,8-9H2,(H,19,21)(H,20,22). The van der Waals surface area contributed by atoms with Gasteiger partial charge in [0.05, 0.1) is 29.4 Å². The highest BCUT2D eigenvalue weighted by molar-refractivity contribution is 6.33. The van der Waals surface area contributed by atoms with Gasteiger partial charge >= 0.3 is 0 Å². The highest BCUT2D eigenvalue weighted by atomic mass is 35.5. The van der Waals surface area contributed by atoms with Gasteiger partial charge in [-0.2, -0.15) is 0 Å². The summed E-state index contributed by atoms with van der Waals surface area (Å²) in [7, 11) is 0. The minimum atomic E-state index is -0.740. The molecule has 1 aromatic carbocycles. The number of rotatable bonds is 5. The lowest BCUT2D eigenvalue weighted by Gasteiger charge is -2.08. The van der Waals surface area contributed by atoms with Crippen LogP contribution in [0.3, 0.4) is 0 Å². The molecule has 5 nitrogen and oxygen atoms in total. The summed E-state index contributed by atoms with van der Waals surface area (Å²) >= 11 is 5.77. The van der Waals surface area contributed by atoms with E-state index in [1.54, 1.807) is 24.4 Å². The Morgan fingerprint density at radius 3 is 2.64 bits per heavy atom. The molecule has 0 unspecified atom stereocenters. The third-order valence-corrected chi connectivity index (χ3v) is 3.11. The van der Waals surface area contributed by atoms with Gasteiger partial charge in [0.1, 0.15) is 5.82 Å². The minimum absolute atomic E-state index is 0.00797. The molecule has 0 radical (unpaired) electrons. The summed E-state index contributed by atoms with van der Waals surface area (Å²) in [6.07, 6.45) is 1.61. The summed E-state index contributed by atoms with van der Waals surface area (Å²) in [5, 5.41) is 4.90. The second kappa shape index (κ2) is 7.51. The van der Waals surface area contributed by atoms with Crippen molar-refractivity contribution in [3.8, 4) is 0 Å². The second-order valence-corrected chi connectivity index (χ2v) is 4.78. The Kier molecular flexibility index (Phi) is 5.43. The van der Waals surface area contributed by atoms with E-state index in [4.69, 9.17) is 11.6 Å². The van der Waals surface area contributed by atoms with E-state index in [9.17, 15) is 14.0 Å². The van der Waals surface area contributed by atoms with Crippen molar-refractivity contribution < 1.29 is 14.0 Å². The molecule has 0 fully saturated rings. The molecule has 7 heteroatoms. The summed E-state index contributed by atoms with van der Waals surface area (Å²) in [6.45, 7) is -0.0354. The summed E-state index contributed by atoms with van der Waals surface area (Å²) in [6, 6.07) is 9.26. The number of amides is 2. The highest BCUT2D eigenvalue weighted by Gasteiger charge is 2.16. The van der Waals surface area contributed by atoms with E-state index in [-0.39, 0.29) is 23.7 Å². The van der Waals surface area contributed by atoms with Crippen LogP contribution in [0.5, 0.6) is 0 Å². The van der Waals surface area contributed by atoms with Gasteiger partial charge in [0.15, 0.2) is 0 Å². The molecule has 1 heterocycles. The lowest BCUT2D eigenvalue weighted by molar-refractivity contribution is -0.120. The smallest absolute Gasteiger partial charge is 0.256 e. The molecular formula is C15H13ClFN3O2. The maximum atomic E-state index is 13.5. The maximum absolute atomic E-state index is 13.5. The quantitative estimate of drug-likeness (QED) is 0.884. The van der Waals surface area contributed by atoms with Gasteiger partial charge in [-0.05, 0) is 24.3 Å². The Balaban J connectivity index is 1.85. The lowest BCUT2D eigenvalue weighted by Crippen LogP contribution is -2.37. The van der Waals surface area contributed by atoms with Crippen molar-refractivity contribution in [3.05, 3.63) is 64.7 Å². The molecule has 0 aliphatic heterocycles. The number of pyridine rings is 1. The molecule has 2 amide bonds. The van der Waals surface area contributed by atoms with Crippen molar-refractivity contribution in [1.29, 1.82) is 0 Å². The van der Waals surface area contributed by atoms with Crippen molar-refractivity contribution in [2.75, 3.05) is 6.54 Å². The first-order valence-electron chi connectivity index (χ1n) is 6.46. The van der Waals surface area contributed by atoms with E-state index in [1.165, 1.54) is 12.1 Å². The maximum Gasteiger partial charge on any atom is 0.256 e. The number of halogens is 2. The predicted octanol–water partition coefficient (Wildman–Crippen LogP) is 1.92. The third-order valence-electron chi connectivity index (χ3n) is 2.79. The summed E-state index contributed by atoms with van der Waals surface area (Å²) in [5.74, 6) is -1.89. The normalized spacial score (nSPS) is 10.1. The van der Waals surface area contributed by atoms with Crippen LogP contribution >= 0.6 is 11.6 Å². The Hall–Kier alpha value is -2.47. The van der Waals surface area contributed by atoms with E-state index in [0.29, 0.717) is 5.69 Å². The Morgan fingerprint density at radius 1 is 1.14 bits per heavy atom. The molecule has 0 saturated heterocycles. The highest BCUT2D eigenvalue weighted by Crippen LogP contribution is 2.18. The van der Waals surface area contributed by atoms with Crippen molar-refractivity contribution >= 4 is 23.4 Å². The van der Waals surface area contributed by atoms with Crippen LogP contribution in [0.2, 0.25) is 5.02 Å². The fourth-order valence-corrected chi connectivity index (χ4v) is 1.97. The first-order chi connectivity index (χ1) is 10.6. The Bertz CT molecular complexity index is 659. The lowest BCUT2D eigenvalue weighted by atomic mass is 10.2. The zero-order valence-electron chi connectivity index (χ0n) is 11.5. The van der Waals surface area contributed by atoms with Gasteiger partial charge in [0.25, 0.3) is 5.91 Å². The average molecular weight is 322 g/mol. The molecule has 0 bridgehead atoms. The van der Waals surface area contributed by atoms with Crippen LogP contribution in [0.15, 0.2) is 42.6 Å². The molecule has 0 spiro atoms. The van der Waals surface area contributed by atoms with Gasteiger partial charge in [-0.25, -0.2) is 4.39 Å². The molecule has 0 atom stereocenters. The summed E-state index contributed by atoms with van der Waals surface area (Å²) in [5.41, 5.74) is 0.418. The van der Waals surface area contributed by atoms with Crippen LogP contribution in [0.25, 0.3) is 0 Å². The van der Waals surface area contributed by atoms with Gasteiger partial charge in [0.2, 0.25) is 5.91 Å². The fourth-order valence-electron chi connectivity index (χ4n) is 1.72. The first-order valence-corrected chi connectivity index (χ1v) is 6.84. The second-order valence-electron chi connectivity index (χ2n) is 4.38. The van der Waals surface area contributed by atoms with E-state index in [1.807, 2.05) is 0 Å². The van der Waals surface area contributed by atoms with E-state index >= 15 is 0 Å². The number of carbonyl (C=O) groups excluding carboxylic acids is 2. The third kappa shape index (κ3) is 4.26. The SMILES string of the molecule is O=C(CNC(=O)c1c(F)cccc1Cl)NCc1ccccn1.